The van der Waals surface area contributed by atoms with Gasteiger partial charge in [0.1, 0.15) is 0 Å². The Hall–Kier alpha value is -1.31. The third-order valence-electron chi connectivity index (χ3n) is 2.49. The molecule has 2 rings (SSSR count). The summed E-state index contributed by atoms with van der Waals surface area (Å²) in [6.45, 7) is 0.460. The minimum Gasteiger partial charge on any atom is -0.493 e. The summed E-state index contributed by atoms with van der Waals surface area (Å²) in [4.78, 5) is 11.1. The fraction of sp³-hybridized carbons (Fsp3) is 0.167. The van der Waals surface area contributed by atoms with Crippen molar-refractivity contribution in [3.05, 3.63) is 48.8 Å². The number of benzene rings is 1. The molecule has 1 aromatic heterocycles. The first-order valence-electron chi connectivity index (χ1n) is 5.51. The average Bonchev–Trinajstić information content (AvgIpc) is 2.84. The molecule has 5 nitrogen and oxygen atoms in total. The van der Waals surface area contributed by atoms with Crippen molar-refractivity contribution in [1.82, 2.24) is 0 Å². The summed E-state index contributed by atoms with van der Waals surface area (Å²) in [5.74, 6) is 0.639. The number of nitro groups is 1. The van der Waals surface area contributed by atoms with E-state index in [4.69, 9.17) is 16.3 Å². The summed E-state index contributed by atoms with van der Waals surface area (Å²) < 4.78 is 6.03. The van der Waals surface area contributed by atoms with Gasteiger partial charge < -0.3 is 10.1 Å². The summed E-state index contributed by atoms with van der Waals surface area (Å²) >= 11 is 10.5. The van der Waals surface area contributed by atoms with Gasteiger partial charge in [0.15, 0.2) is 5.75 Å². The third kappa shape index (κ3) is 3.41. The van der Waals surface area contributed by atoms with Crippen molar-refractivity contribution >= 4 is 49.6 Å². The lowest BCUT2D eigenvalue weighted by atomic mass is 10.3. The highest BCUT2D eigenvalue weighted by atomic mass is 79.9. The van der Waals surface area contributed by atoms with Crippen LogP contribution in [0.3, 0.4) is 0 Å². The molecule has 0 aliphatic carbocycles. The first-order chi connectivity index (χ1) is 9.51. The zero-order chi connectivity index (χ0) is 14.7. The zero-order valence-electron chi connectivity index (χ0n) is 10.4. The summed E-state index contributed by atoms with van der Waals surface area (Å²) in [5, 5.41) is 14.5. The van der Waals surface area contributed by atoms with E-state index in [0.717, 1.165) is 26.4 Å². The molecule has 0 bridgehead atoms. The van der Waals surface area contributed by atoms with Crippen molar-refractivity contribution in [3.8, 4) is 5.75 Å². The van der Waals surface area contributed by atoms with Crippen molar-refractivity contribution in [1.29, 1.82) is 0 Å². The van der Waals surface area contributed by atoms with Gasteiger partial charge >= 0.3 is 5.00 Å². The minimum atomic E-state index is -0.398. The Morgan fingerprint density at radius 3 is 2.85 bits per heavy atom. The lowest BCUT2D eigenvalue weighted by Crippen LogP contribution is -2.00. The predicted molar refractivity (Wildman–Crippen MR) is 84.0 cm³/mol. The molecular formula is C12H10BrClN2O3S. The van der Waals surface area contributed by atoms with E-state index in [0.29, 0.717) is 17.3 Å². The van der Waals surface area contributed by atoms with Crippen LogP contribution in [0.1, 0.15) is 4.88 Å². The number of halogens is 2. The highest BCUT2D eigenvalue weighted by molar-refractivity contribution is 9.10. The molecule has 106 valence electrons. The maximum absolute atomic E-state index is 10.6. The molecule has 0 saturated carbocycles. The molecule has 0 fully saturated rings. The number of hydrogen-bond donors (Lipinski definition) is 1. The normalized spacial score (nSPS) is 10.3. The van der Waals surface area contributed by atoms with Crippen LogP contribution in [0.25, 0.3) is 0 Å². The lowest BCUT2D eigenvalue weighted by Gasteiger charge is -2.12. The van der Waals surface area contributed by atoms with Crippen molar-refractivity contribution in [3.63, 3.8) is 0 Å². The number of nitrogens with one attached hydrogen (secondary N) is 1. The number of rotatable bonds is 5. The number of methoxy groups -OCH3 is 1. The molecule has 0 spiro atoms. The maximum atomic E-state index is 10.6. The van der Waals surface area contributed by atoms with E-state index < -0.39 is 4.92 Å². The van der Waals surface area contributed by atoms with Crippen LogP contribution in [0, 0.1) is 10.1 Å². The molecule has 8 heteroatoms. The number of thiophene rings is 1. The quantitative estimate of drug-likeness (QED) is 0.606. The van der Waals surface area contributed by atoms with E-state index in [1.807, 2.05) is 0 Å². The number of ether oxygens (including phenoxy) is 1. The SMILES string of the molecule is COc1c(Br)cc(Cl)cc1NCc1ccc([N+](=O)[O-])s1. The Labute approximate surface area is 132 Å². The fourth-order valence-electron chi connectivity index (χ4n) is 1.64. The average molecular weight is 378 g/mol. The number of anilines is 1. The summed E-state index contributed by atoms with van der Waals surface area (Å²) in [5.41, 5.74) is 0.725. The standard InChI is InChI=1S/C12H10BrClN2O3S/c1-19-12-9(13)4-7(14)5-10(12)15-6-8-2-3-11(20-8)16(17)18/h2-5,15H,6H2,1H3. The van der Waals surface area contributed by atoms with E-state index in [-0.39, 0.29) is 5.00 Å². The molecule has 0 radical (unpaired) electrons. The van der Waals surface area contributed by atoms with Gasteiger partial charge in [-0.05, 0) is 34.1 Å². The van der Waals surface area contributed by atoms with Crippen molar-refractivity contribution < 1.29 is 9.66 Å². The fourth-order valence-corrected chi connectivity index (χ4v) is 3.37. The maximum Gasteiger partial charge on any atom is 0.324 e. The van der Waals surface area contributed by atoms with Crippen LogP contribution in [0.5, 0.6) is 5.75 Å². The monoisotopic (exact) mass is 376 g/mol. The zero-order valence-corrected chi connectivity index (χ0v) is 13.5. The van der Waals surface area contributed by atoms with E-state index >= 15 is 0 Å². The third-order valence-corrected chi connectivity index (χ3v) is 4.34. The molecule has 0 aliphatic rings. The Balaban J connectivity index is 2.15. The second-order valence-electron chi connectivity index (χ2n) is 3.82. The van der Waals surface area contributed by atoms with Crippen molar-refractivity contribution in [2.45, 2.75) is 6.54 Å². The van der Waals surface area contributed by atoms with Crippen LogP contribution in [0.15, 0.2) is 28.7 Å². The van der Waals surface area contributed by atoms with Crippen molar-refractivity contribution in [2.24, 2.45) is 0 Å². The second kappa shape index (κ2) is 6.43. The van der Waals surface area contributed by atoms with Gasteiger partial charge in [0, 0.05) is 22.5 Å². The first kappa shape index (κ1) is 15.1. The van der Waals surface area contributed by atoms with E-state index in [1.54, 1.807) is 25.3 Å². The minimum absolute atomic E-state index is 0.126. The molecule has 2 aromatic rings. The molecule has 0 atom stereocenters. The smallest absolute Gasteiger partial charge is 0.324 e. The molecule has 1 heterocycles. The highest BCUT2D eigenvalue weighted by Crippen LogP contribution is 2.36. The van der Waals surface area contributed by atoms with Crippen LogP contribution < -0.4 is 10.1 Å². The topological polar surface area (TPSA) is 64.4 Å². The Kier molecular flexibility index (Phi) is 4.85. The second-order valence-corrected chi connectivity index (χ2v) is 6.26. The molecule has 0 saturated heterocycles. The molecule has 0 unspecified atom stereocenters. The van der Waals surface area contributed by atoms with Gasteiger partial charge in [-0.3, -0.25) is 10.1 Å². The van der Waals surface area contributed by atoms with E-state index in [1.165, 1.54) is 6.07 Å². The van der Waals surface area contributed by atoms with Crippen molar-refractivity contribution in [2.75, 3.05) is 12.4 Å². The summed E-state index contributed by atoms with van der Waals surface area (Å²) in [6.07, 6.45) is 0. The molecule has 1 aromatic carbocycles. The summed E-state index contributed by atoms with van der Waals surface area (Å²) in [7, 11) is 1.56. The van der Waals surface area contributed by atoms with E-state index in [2.05, 4.69) is 21.2 Å². The lowest BCUT2D eigenvalue weighted by molar-refractivity contribution is -0.380. The van der Waals surface area contributed by atoms with Gasteiger partial charge in [-0.25, -0.2) is 0 Å². The van der Waals surface area contributed by atoms with Crippen LogP contribution in [-0.2, 0) is 6.54 Å². The number of hydrogen-bond acceptors (Lipinski definition) is 5. The van der Waals surface area contributed by atoms with Gasteiger partial charge in [-0.1, -0.05) is 22.9 Å². The molecular weight excluding hydrogens is 368 g/mol. The molecule has 1 N–H and O–H groups in total. The first-order valence-corrected chi connectivity index (χ1v) is 7.50. The van der Waals surface area contributed by atoms with Crippen LogP contribution in [0.4, 0.5) is 10.7 Å². The van der Waals surface area contributed by atoms with E-state index in [9.17, 15) is 10.1 Å². The van der Waals surface area contributed by atoms with Gasteiger partial charge in [-0.15, -0.1) is 0 Å². The largest absolute Gasteiger partial charge is 0.493 e. The van der Waals surface area contributed by atoms with Crippen LogP contribution in [-0.4, -0.2) is 12.0 Å². The Morgan fingerprint density at radius 2 is 2.25 bits per heavy atom. The Bertz CT molecular complexity index is 648. The summed E-state index contributed by atoms with van der Waals surface area (Å²) in [6, 6.07) is 6.70. The van der Waals surface area contributed by atoms with Gasteiger partial charge in [0.25, 0.3) is 0 Å². The van der Waals surface area contributed by atoms with Gasteiger partial charge in [0.05, 0.1) is 22.2 Å². The van der Waals surface area contributed by atoms with Gasteiger partial charge in [-0.2, -0.15) is 0 Å². The highest BCUT2D eigenvalue weighted by Gasteiger charge is 2.12. The van der Waals surface area contributed by atoms with Gasteiger partial charge in [0.2, 0.25) is 0 Å². The number of nitrogens with zero attached hydrogens (tertiary/aromatic N) is 1. The Morgan fingerprint density at radius 1 is 1.50 bits per heavy atom. The molecule has 0 amide bonds. The predicted octanol–water partition coefficient (Wildman–Crippen LogP) is 4.69. The van der Waals surface area contributed by atoms with Crippen LogP contribution in [0.2, 0.25) is 5.02 Å². The molecule has 0 aliphatic heterocycles. The molecule has 20 heavy (non-hydrogen) atoms. The van der Waals surface area contributed by atoms with Crippen LogP contribution >= 0.6 is 38.9 Å².